The highest BCUT2D eigenvalue weighted by Gasteiger charge is 2.30. The lowest BCUT2D eigenvalue weighted by molar-refractivity contribution is -0.137. The van der Waals surface area contributed by atoms with Crippen LogP contribution in [0.5, 0.6) is 0 Å². The van der Waals surface area contributed by atoms with Crippen LogP contribution in [-0.2, 0) is 19.3 Å². The fourth-order valence-corrected chi connectivity index (χ4v) is 3.73. The Kier molecular flexibility index (Phi) is 5.43. The first-order valence-electron chi connectivity index (χ1n) is 9.83. The summed E-state index contributed by atoms with van der Waals surface area (Å²) in [4.78, 5) is 4.54. The first-order chi connectivity index (χ1) is 14.7. The maximum absolute atomic E-state index is 13.1. The monoisotopic (exact) mass is 427 g/mol. The molecule has 0 aliphatic rings. The summed E-state index contributed by atoms with van der Waals surface area (Å²) < 4.78 is 53.9. The molecule has 0 saturated heterocycles. The van der Waals surface area contributed by atoms with Crippen molar-refractivity contribution in [3.63, 3.8) is 0 Å². The fraction of sp³-hybridized carbons (Fsp3) is 0.208. The Morgan fingerprint density at radius 3 is 2.26 bits per heavy atom. The van der Waals surface area contributed by atoms with Crippen molar-refractivity contribution in [3.8, 4) is 0 Å². The first kappa shape index (κ1) is 20.9. The number of nitrogens with one attached hydrogen (secondary N) is 1. The van der Waals surface area contributed by atoms with Crippen molar-refractivity contribution in [2.75, 3.05) is 5.32 Å². The number of fused-ring (bicyclic) bond motifs is 1. The van der Waals surface area contributed by atoms with Crippen molar-refractivity contribution in [2.24, 2.45) is 0 Å². The van der Waals surface area contributed by atoms with Crippen LogP contribution in [0.15, 0.2) is 60.8 Å². The molecular formula is C24H21F4N3. The summed E-state index contributed by atoms with van der Waals surface area (Å²) in [6, 6.07) is 13.3. The van der Waals surface area contributed by atoms with E-state index in [1.54, 1.807) is 18.3 Å². The highest BCUT2D eigenvalue weighted by Crippen LogP contribution is 2.31. The van der Waals surface area contributed by atoms with E-state index in [9.17, 15) is 17.6 Å². The van der Waals surface area contributed by atoms with Gasteiger partial charge in [-0.3, -0.25) is 4.98 Å². The van der Waals surface area contributed by atoms with E-state index in [4.69, 9.17) is 0 Å². The number of nitrogens with zero attached hydrogens (tertiary/aromatic N) is 2. The molecule has 2 aromatic carbocycles. The van der Waals surface area contributed by atoms with E-state index in [0.717, 1.165) is 51.2 Å². The smallest absolute Gasteiger partial charge is 0.379 e. The van der Waals surface area contributed by atoms with Crippen LogP contribution in [0.4, 0.5) is 23.2 Å². The van der Waals surface area contributed by atoms with Crippen molar-refractivity contribution in [2.45, 2.75) is 33.1 Å². The third-order valence-electron chi connectivity index (χ3n) is 5.55. The molecule has 31 heavy (non-hydrogen) atoms. The van der Waals surface area contributed by atoms with Gasteiger partial charge in [0.2, 0.25) is 0 Å². The molecule has 4 aromatic rings. The van der Waals surface area contributed by atoms with Crippen LogP contribution in [0.3, 0.4) is 0 Å². The highest BCUT2D eigenvalue weighted by atomic mass is 19.4. The molecule has 4 rings (SSSR count). The van der Waals surface area contributed by atoms with Gasteiger partial charge >= 0.3 is 6.18 Å². The Bertz CT molecular complexity index is 1210. The van der Waals surface area contributed by atoms with Crippen molar-refractivity contribution >= 4 is 16.6 Å². The van der Waals surface area contributed by atoms with Crippen molar-refractivity contribution in [3.05, 3.63) is 94.7 Å². The quantitative estimate of drug-likeness (QED) is 0.370. The molecule has 0 spiro atoms. The number of hydrogen-bond donors (Lipinski definition) is 1. The average molecular weight is 427 g/mol. The van der Waals surface area contributed by atoms with E-state index in [1.807, 2.05) is 19.9 Å². The van der Waals surface area contributed by atoms with E-state index >= 15 is 0 Å². The maximum atomic E-state index is 13.1. The predicted octanol–water partition coefficient (Wildman–Crippen LogP) is 6.47. The molecule has 0 unspecified atom stereocenters. The lowest BCUT2D eigenvalue weighted by Crippen LogP contribution is -2.08. The average Bonchev–Trinajstić information content (AvgIpc) is 2.98. The van der Waals surface area contributed by atoms with Gasteiger partial charge in [0, 0.05) is 29.5 Å². The van der Waals surface area contributed by atoms with E-state index in [1.165, 1.54) is 24.3 Å². The molecule has 0 atom stereocenters. The third-order valence-corrected chi connectivity index (χ3v) is 5.55. The van der Waals surface area contributed by atoms with Crippen LogP contribution in [0.1, 0.15) is 28.1 Å². The number of pyridine rings is 1. The van der Waals surface area contributed by atoms with Crippen LogP contribution in [-0.4, -0.2) is 9.55 Å². The molecule has 0 aliphatic heterocycles. The molecule has 7 heteroatoms. The van der Waals surface area contributed by atoms with Gasteiger partial charge in [-0.1, -0.05) is 12.1 Å². The van der Waals surface area contributed by atoms with Gasteiger partial charge in [0.15, 0.2) is 0 Å². The molecule has 160 valence electrons. The fourth-order valence-electron chi connectivity index (χ4n) is 3.73. The SMILES string of the molecule is Cc1c(C)n(Cc2ccc(C(F)(F)F)cc2)c2c(CNc3ccc(F)cc3)nccc12. The summed E-state index contributed by atoms with van der Waals surface area (Å²) in [6.07, 6.45) is -2.60. The second-order valence-corrected chi connectivity index (χ2v) is 7.51. The molecule has 0 amide bonds. The third kappa shape index (κ3) is 4.26. The van der Waals surface area contributed by atoms with Gasteiger partial charge in [-0.2, -0.15) is 13.2 Å². The van der Waals surface area contributed by atoms with E-state index in [0.29, 0.717) is 13.1 Å². The minimum atomic E-state index is -4.35. The molecular weight excluding hydrogens is 406 g/mol. The van der Waals surface area contributed by atoms with Gasteiger partial charge in [-0.25, -0.2) is 4.39 Å². The Morgan fingerprint density at radius 1 is 0.935 bits per heavy atom. The minimum absolute atomic E-state index is 0.303. The zero-order chi connectivity index (χ0) is 22.2. The molecule has 0 aliphatic carbocycles. The number of halogens is 4. The van der Waals surface area contributed by atoms with Crippen molar-refractivity contribution in [1.82, 2.24) is 9.55 Å². The van der Waals surface area contributed by atoms with Crippen LogP contribution in [0, 0.1) is 19.7 Å². The van der Waals surface area contributed by atoms with Gasteiger partial charge < -0.3 is 9.88 Å². The highest BCUT2D eigenvalue weighted by molar-refractivity contribution is 5.87. The Balaban J connectivity index is 1.68. The van der Waals surface area contributed by atoms with Crippen molar-refractivity contribution in [1.29, 1.82) is 0 Å². The number of benzene rings is 2. The van der Waals surface area contributed by atoms with E-state index in [2.05, 4.69) is 14.9 Å². The van der Waals surface area contributed by atoms with Gasteiger partial charge in [0.25, 0.3) is 0 Å². The van der Waals surface area contributed by atoms with Gasteiger partial charge in [-0.15, -0.1) is 0 Å². The van der Waals surface area contributed by atoms with Crippen LogP contribution >= 0.6 is 0 Å². The number of anilines is 1. The molecule has 0 saturated carbocycles. The lowest BCUT2D eigenvalue weighted by Gasteiger charge is -2.13. The summed E-state index contributed by atoms with van der Waals surface area (Å²) in [5.41, 5.74) is 4.77. The number of hydrogen-bond acceptors (Lipinski definition) is 2. The summed E-state index contributed by atoms with van der Waals surface area (Å²) in [5.74, 6) is -0.303. The lowest BCUT2D eigenvalue weighted by atomic mass is 10.1. The van der Waals surface area contributed by atoms with Gasteiger partial charge in [-0.05, 0) is 67.4 Å². The topological polar surface area (TPSA) is 29.9 Å². The predicted molar refractivity (Wildman–Crippen MR) is 113 cm³/mol. The summed E-state index contributed by atoms with van der Waals surface area (Å²) in [6.45, 7) is 4.89. The minimum Gasteiger partial charge on any atom is -0.379 e. The van der Waals surface area contributed by atoms with Crippen LogP contribution in [0.2, 0.25) is 0 Å². The molecule has 2 heterocycles. The van der Waals surface area contributed by atoms with Crippen LogP contribution in [0.25, 0.3) is 10.9 Å². The number of aromatic nitrogens is 2. The molecule has 1 N–H and O–H groups in total. The Hall–Kier alpha value is -3.35. The largest absolute Gasteiger partial charge is 0.416 e. The molecule has 3 nitrogen and oxygen atoms in total. The number of alkyl halides is 3. The maximum Gasteiger partial charge on any atom is 0.416 e. The van der Waals surface area contributed by atoms with Gasteiger partial charge in [0.05, 0.1) is 23.3 Å². The summed E-state index contributed by atoms with van der Waals surface area (Å²) in [7, 11) is 0. The molecule has 0 fully saturated rings. The van der Waals surface area contributed by atoms with E-state index in [-0.39, 0.29) is 5.82 Å². The Labute approximate surface area is 177 Å². The normalized spacial score (nSPS) is 11.8. The number of rotatable bonds is 5. The second kappa shape index (κ2) is 8.06. The van der Waals surface area contributed by atoms with Crippen molar-refractivity contribution < 1.29 is 17.6 Å². The zero-order valence-corrected chi connectivity index (χ0v) is 17.1. The first-order valence-corrected chi connectivity index (χ1v) is 9.83. The second-order valence-electron chi connectivity index (χ2n) is 7.51. The van der Waals surface area contributed by atoms with E-state index < -0.39 is 11.7 Å². The Morgan fingerprint density at radius 2 is 1.61 bits per heavy atom. The number of aryl methyl sites for hydroxylation is 1. The summed E-state index contributed by atoms with van der Waals surface area (Å²) in [5, 5.41) is 4.31. The standard InChI is InChI=1S/C24H21F4N3/c1-15-16(2)31(14-17-3-5-18(6-4-17)24(26,27)28)23-21(15)11-12-29-22(23)13-30-20-9-7-19(25)8-10-20/h3-12,30H,13-14H2,1-2H3. The molecule has 0 radical (unpaired) electrons. The zero-order valence-electron chi connectivity index (χ0n) is 17.1. The molecule has 2 aromatic heterocycles. The van der Waals surface area contributed by atoms with Crippen LogP contribution < -0.4 is 5.32 Å². The van der Waals surface area contributed by atoms with Gasteiger partial charge in [0.1, 0.15) is 5.82 Å². The summed E-state index contributed by atoms with van der Waals surface area (Å²) >= 11 is 0. The molecule has 0 bridgehead atoms.